The zero-order chi connectivity index (χ0) is 22.4. The first-order chi connectivity index (χ1) is 16.8. The molecule has 0 fully saturated rings. The predicted octanol–water partition coefficient (Wildman–Crippen LogP) is 5.32. The van der Waals surface area contributed by atoms with Crippen LogP contribution in [0.25, 0.3) is 10.8 Å². The monoisotopic (exact) mass is 433 g/mol. The molecule has 2 aliphatic carbocycles. The Morgan fingerprint density at radius 2 is 0.706 bits per heavy atom. The number of hydrogen-bond donors (Lipinski definition) is 0. The highest BCUT2D eigenvalue weighted by molar-refractivity contribution is 5.84. The second-order valence-electron chi connectivity index (χ2n) is 9.09. The fourth-order valence-corrected chi connectivity index (χ4v) is 6.05. The molecule has 0 amide bonds. The van der Waals surface area contributed by atoms with Gasteiger partial charge in [0.15, 0.2) is 0 Å². The number of nitrogens with zero attached hydrogens (tertiary/aromatic N) is 3. The van der Waals surface area contributed by atoms with Crippen molar-refractivity contribution in [3.8, 4) is 0 Å². The van der Waals surface area contributed by atoms with Crippen molar-refractivity contribution in [3.63, 3.8) is 0 Å². The van der Waals surface area contributed by atoms with E-state index in [1.165, 1.54) is 52.8 Å². The molecule has 2 aliphatic rings. The van der Waals surface area contributed by atoms with Gasteiger partial charge in [0.1, 0.15) is 10.7 Å². The molecule has 0 saturated carbocycles. The van der Waals surface area contributed by atoms with Gasteiger partial charge in [-0.3, -0.25) is 0 Å². The van der Waals surface area contributed by atoms with Crippen LogP contribution in [-0.4, -0.2) is 14.8 Å². The highest BCUT2D eigenvalue weighted by Crippen LogP contribution is 2.26. The Balaban J connectivity index is 2.02. The Hall–Kier alpha value is -4.50. The smallest absolute Gasteiger partial charge is 0.104 e. The Morgan fingerprint density at radius 3 is 1.09 bits per heavy atom. The molecule has 2 aromatic heterocycles. The molecule has 0 spiro atoms. The third-order valence-electron chi connectivity index (χ3n) is 7.43. The van der Waals surface area contributed by atoms with Crippen LogP contribution in [0.15, 0.2) is 97.1 Å². The minimum Gasteiger partial charge on any atom is -0.342 e. The van der Waals surface area contributed by atoms with Gasteiger partial charge in [0.25, 0.3) is 0 Å². The lowest BCUT2D eigenvalue weighted by atomic mass is 10.1. The van der Waals surface area contributed by atoms with Crippen LogP contribution < -0.4 is 0 Å². The zero-order valence-corrected chi connectivity index (χ0v) is 18.6. The van der Waals surface area contributed by atoms with Crippen molar-refractivity contribution >= 4 is 10.8 Å². The quantitative estimate of drug-likeness (QED) is 0.324. The Labute approximate surface area is 192 Å². The van der Waals surface area contributed by atoms with Gasteiger partial charge in [0.2, 0.25) is 0 Å². The maximum Gasteiger partial charge on any atom is 0.104 e. The second kappa shape index (κ2) is 6.30. The van der Waals surface area contributed by atoms with E-state index in [-0.39, 0.29) is 0 Å². The largest absolute Gasteiger partial charge is 0.342 e. The summed E-state index contributed by atoms with van der Waals surface area (Å²) in [7, 11) is 2.19. The van der Waals surface area contributed by atoms with Gasteiger partial charge >= 0.3 is 0 Å². The molecule has 158 valence electrons. The molecule has 3 nitrogen and oxygen atoms in total. The van der Waals surface area contributed by atoms with Crippen LogP contribution in [0.3, 0.4) is 0 Å². The van der Waals surface area contributed by atoms with Gasteiger partial charge in [0.05, 0.1) is 10.7 Å². The molecule has 0 aliphatic heterocycles. The number of hydrogen-bond acceptors (Lipinski definition) is 2. The number of rotatable bonds is 0. The van der Waals surface area contributed by atoms with Gasteiger partial charge in [-0.25, -0.2) is 0 Å². The molecule has 0 bridgehead atoms. The first kappa shape index (κ1) is 18.0. The summed E-state index contributed by atoms with van der Waals surface area (Å²) in [6.45, 7) is 0. The molecule has 34 heavy (non-hydrogen) atoms. The van der Waals surface area contributed by atoms with Gasteiger partial charge in [-0.1, -0.05) is 97.1 Å². The van der Waals surface area contributed by atoms with Crippen molar-refractivity contribution in [3.05, 3.63) is 160 Å². The first-order valence-electron chi connectivity index (χ1n) is 11.6. The van der Waals surface area contributed by atoms with Crippen molar-refractivity contribution in [2.24, 2.45) is 7.05 Å². The molecule has 0 saturated heterocycles. The highest BCUT2D eigenvalue weighted by Gasteiger charge is 2.16. The van der Waals surface area contributed by atoms with E-state index in [4.69, 9.17) is 10.2 Å². The fraction of sp³-hybridized carbons (Fsp3) is 0.0323. The second-order valence-corrected chi connectivity index (χ2v) is 9.09. The van der Waals surface area contributed by atoms with E-state index in [0.29, 0.717) is 0 Å². The zero-order valence-electron chi connectivity index (χ0n) is 18.6. The lowest BCUT2D eigenvalue weighted by Gasteiger charge is -1.98. The highest BCUT2D eigenvalue weighted by atomic mass is 15.1. The van der Waals surface area contributed by atoms with E-state index >= 15 is 0 Å². The van der Waals surface area contributed by atoms with E-state index in [1.807, 2.05) is 0 Å². The van der Waals surface area contributed by atoms with Crippen molar-refractivity contribution in [2.45, 2.75) is 0 Å². The van der Waals surface area contributed by atoms with Crippen LogP contribution in [0.4, 0.5) is 0 Å². The van der Waals surface area contributed by atoms with Crippen LogP contribution in [0.2, 0.25) is 0 Å². The molecule has 3 heteroatoms. The van der Waals surface area contributed by atoms with Gasteiger partial charge in [-0.05, 0) is 20.9 Å². The molecule has 6 aromatic rings. The van der Waals surface area contributed by atoms with Gasteiger partial charge in [-0.15, -0.1) is 10.2 Å². The molecule has 0 N–H and O–H groups in total. The van der Waals surface area contributed by atoms with Crippen LogP contribution in [-0.2, 0) is 7.05 Å². The van der Waals surface area contributed by atoms with Crippen LogP contribution in [0, 0.1) is 63.1 Å². The normalized spacial score (nSPS) is 12.3. The number of aromatic nitrogens is 3. The third-order valence-corrected chi connectivity index (χ3v) is 7.43. The molecule has 2 heterocycles. The summed E-state index contributed by atoms with van der Waals surface area (Å²) in [5.74, 6) is 0. The van der Waals surface area contributed by atoms with Crippen molar-refractivity contribution in [1.82, 2.24) is 14.8 Å². The van der Waals surface area contributed by atoms with Gasteiger partial charge < -0.3 is 4.57 Å². The van der Waals surface area contributed by atoms with Gasteiger partial charge in [0, 0.05) is 38.7 Å². The topological polar surface area (TPSA) is 30.7 Å². The average Bonchev–Trinajstić information content (AvgIpc) is 3.05. The summed E-state index contributed by atoms with van der Waals surface area (Å²) in [6.07, 6.45) is 0. The summed E-state index contributed by atoms with van der Waals surface area (Å²) < 4.78 is 2.37. The number of fused-ring (bicyclic) bond motifs is 4. The Kier molecular flexibility index (Phi) is 3.33. The summed E-state index contributed by atoms with van der Waals surface area (Å²) in [4.78, 5) is 0. The van der Waals surface area contributed by atoms with Gasteiger partial charge in [-0.2, -0.15) is 0 Å². The van der Waals surface area contributed by atoms with E-state index < -0.39 is 0 Å². The molecule has 0 unspecified atom stereocenters. The molecule has 8 rings (SSSR count). The SMILES string of the molecule is Cn1c2c3c(nnc4c3c1=c1ccccc1=c1ccccc1=4)=c1ccccc1=c1ccccc1=2. The molecule has 0 radical (unpaired) electrons. The summed E-state index contributed by atoms with van der Waals surface area (Å²) in [6, 6.07) is 34.6. The molecule has 0 atom stereocenters. The lowest BCUT2D eigenvalue weighted by Crippen LogP contribution is -1.93. The minimum absolute atomic E-state index is 0.958. The standard InChI is InChI=1S/C31H19N3/c1-34-30-24-16-8-4-12-20(24)18-10-2-6-14-22(18)28-26(30)27-29(33-32-28)23-15-7-3-11-19(23)21-13-5-9-17-25(21)31(27)34/h2-17H,1H3. The molecule has 4 aromatic carbocycles. The fourth-order valence-electron chi connectivity index (χ4n) is 6.05. The number of benzene rings is 4. The lowest BCUT2D eigenvalue weighted by molar-refractivity contribution is 0.863. The van der Waals surface area contributed by atoms with Crippen LogP contribution in [0.1, 0.15) is 0 Å². The van der Waals surface area contributed by atoms with Crippen molar-refractivity contribution in [2.75, 3.05) is 0 Å². The van der Waals surface area contributed by atoms with Crippen LogP contribution in [0.5, 0.6) is 0 Å². The summed E-state index contributed by atoms with van der Waals surface area (Å²) >= 11 is 0. The van der Waals surface area contributed by atoms with E-state index in [9.17, 15) is 0 Å². The average molecular weight is 434 g/mol. The Morgan fingerprint density at radius 1 is 0.412 bits per heavy atom. The first-order valence-corrected chi connectivity index (χ1v) is 11.6. The van der Waals surface area contributed by atoms with E-state index in [2.05, 4.69) is 109 Å². The maximum atomic E-state index is 4.92. The van der Waals surface area contributed by atoms with E-state index in [0.717, 1.165) is 21.1 Å². The minimum atomic E-state index is 0.958. The van der Waals surface area contributed by atoms with Crippen molar-refractivity contribution < 1.29 is 0 Å². The molecular weight excluding hydrogens is 414 g/mol. The van der Waals surface area contributed by atoms with E-state index in [1.54, 1.807) is 0 Å². The summed E-state index contributed by atoms with van der Waals surface area (Å²) in [5, 5.41) is 26.2. The maximum absolute atomic E-state index is 4.92. The van der Waals surface area contributed by atoms with Crippen molar-refractivity contribution in [1.29, 1.82) is 0 Å². The predicted molar refractivity (Wildman–Crippen MR) is 130 cm³/mol. The Bertz CT molecular complexity index is 2290. The third kappa shape index (κ3) is 2.07. The molecular formula is C31H19N3. The van der Waals surface area contributed by atoms with Crippen LogP contribution >= 0.6 is 0 Å². The summed E-state index contributed by atoms with van der Waals surface area (Å²) in [5.41, 5.74) is 0.